The number of hydrogen-bond acceptors (Lipinski definition) is 4. The molecular weight excluding hydrogens is 264 g/mol. The second-order valence-electron chi connectivity index (χ2n) is 6.16. The van der Waals surface area contributed by atoms with Gasteiger partial charge >= 0.3 is 0 Å². The van der Waals surface area contributed by atoms with E-state index < -0.39 is 0 Å². The van der Waals surface area contributed by atoms with Crippen LogP contribution in [0.5, 0.6) is 0 Å². The summed E-state index contributed by atoms with van der Waals surface area (Å²) < 4.78 is 0. The molecule has 1 aliphatic heterocycles. The molecular formula is C16H24N4O. The van der Waals surface area contributed by atoms with E-state index in [9.17, 15) is 4.79 Å². The van der Waals surface area contributed by atoms with Gasteiger partial charge in [-0.15, -0.1) is 0 Å². The third-order valence-corrected chi connectivity index (χ3v) is 4.79. The topological polar surface area (TPSA) is 58.1 Å². The average Bonchev–Trinajstić information content (AvgIpc) is 2.54. The molecule has 5 heteroatoms. The van der Waals surface area contributed by atoms with Crippen LogP contribution in [0.2, 0.25) is 0 Å². The maximum absolute atomic E-state index is 12.6. The van der Waals surface area contributed by atoms with Crippen LogP contribution in [0.25, 0.3) is 0 Å². The minimum atomic E-state index is 0.0336. The van der Waals surface area contributed by atoms with Gasteiger partial charge in [0.2, 0.25) is 0 Å². The molecule has 0 bridgehead atoms. The molecule has 1 N–H and O–H groups in total. The molecule has 21 heavy (non-hydrogen) atoms. The number of carbonyl (C=O) groups is 1. The molecule has 0 radical (unpaired) electrons. The Labute approximate surface area is 126 Å². The maximum atomic E-state index is 12.6. The largest absolute Gasteiger partial charge is 0.369 e. The number of fused-ring (bicyclic) bond motifs is 1. The van der Waals surface area contributed by atoms with Crippen molar-refractivity contribution < 1.29 is 4.79 Å². The second-order valence-corrected chi connectivity index (χ2v) is 6.16. The Morgan fingerprint density at radius 3 is 2.90 bits per heavy atom. The number of anilines is 1. The van der Waals surface area contributed by atoms with Crippen LogP contribution in [0.15, 0.2) is 12.4 Å². The van der Waals surface area contributed by atoms with Gasteiger partial charge in [-0.25, -0.2) is 4.98 Å². The van der Waals surface area contributed by atoms with Crippen molar-refractivity contribution in [3.05, 3.63) is 18.1 Å². The van der Waals surface area contributed by atoms with E-state index in [2.05, 4.69) is 15.3 Å². The highest BCUT2D eigenvalue weighted by atomic mass is 16.2. The van der Waals surface area contributed by atoms with Crippen molar-refractivity contribution in [3.63, 3.8) is 0 Å². The molecule has 1 aliphatic carbocycles. The van der Waals surface area contributed by atoms with Crippen LogP contribution in [-0.2, 0) is 0 Å². The summed E-state index contributed by atoms with van der Waals surface area (Å²) >= 11 is 0. The Kier molecular flexibility index (Phi) is 4.36. The lowest BCUT2D eigenvalue weighted by atomic mass is 9.75. The van der Waals surface area contributed by atoms with Gasteiger partial charge in [0, 0.05) is 19.6 Å². The van der Waals surface area contributed by atoms with E-state index in [0.29, 0.717) is 17.4 Å². The normalized spacial score (nSPS) is 25.3. The van der Waals surface area contributed by atoms with Gasteiger partial charge in [-0.3, -0.25) is 9.78 Å². The van der Waals surface area contributed by atoms with E-state index in [1.54, 1.807) is 12.4 Å². The van der Waals surface area contributed by atoms with Gasteiger partial charge in [-0.05, 0) is 31.6 Å². The number of rotatable bonds is 3. The van der Waals surface area contributed by atoms with Crippen molar-refractivity contribution in [1.82, 2.24) is 14.9 Å². The standard InChI is InChI=1S/C16H24N4O/c1-2-18-15-10-17-9-14(19-15)16(21)20-8-7-12-5-3-4-6-13(12)11-20/h9-10,12-13H,2-8,11H2,1H3,(H,18,19). The van der Waals surface area contributed by atoms with Gasteiger partial charge in [-0.2, -0.15) is 0 Å². The van der Waals surface area contributed by atoms with Crippen molar-refractivity contribution in [2.24, 2.45) is 11.8 Å². The van der Waals surface area contributed by atoms with Gasteiger partial charge in [0.05, 0.1) is 12.4 Å². The highest BCUT2D eigenvalue weighted by molar-refractivity contribution is 5.92. The smallest absolute Gasteiger partial charge is 0.274 e. The summed E-state index contributed by atoms with van der Waals surface area (Å²) in [7, 11) is 0. The van der Waals surface area contributed by atoms with E-state index in [1.807, 2.05) is 11.8 Å². The maximum Gasteiger partial charge on any atom is 0.274 e. The fourth-order valence-electron chi connectivity index (χ4n) is 3.68. The number of amides is 1. The van der Waals surface area contributed by atoms with Crippen LogP contribution in [0.4, 0.5) is 5.82 Å². The van der Waals surface area contributed by atoms with Crippen molar-refractivity contribution in [1.29, 1.82) is 0 Å². The molecule has 1 aromatic rings. The highest BCUT2D eigenvalue weighted by Gasteiger charge is 2.33. The number of nitrogens with one attached hydrogen (secondary N) is 1. The molecule has 2 unspecified atom stereocenters. The molecule has 0 spiro atoms. The van der Waals surface area contributed by atoms with E-state index in [1.165, 1.54) is 25.7 Å². The molecule has 2 aliphatic rings. The Morgan fingerprint density at radius 2 is 2.10 bits per heavy atom. The zero-order valence-corrected chi connectivity index (χ0v) is 12.7. The number of carbonyl (C=O) groups excluding carboxylic acids is 1. The summed E-state index contributed by atoms with van der Waals surface area (Å²) in [6.07, 6.45) is 9.70. The van der Waals surface area contributed by atoms with E-state index in [4.69, 9.17) is 0 Å². The summed E-state index contributed by atoms with van der Waals surface area (Å²) in [5.74, 6) is 2.24. The van der Waals surface area contributed by atoms with Crippen LogP contribution < -0.4 is 5.32 Å². The lowest BCUT2D eigenvalue weighted by Crippen LogP contribution is -2.45. The van der Waals surface area contributed by atoms with Gasteiger partial charge in [-0.1, -0.05) is 19.3 Å². The number of likely N-dealkylation sites (tertiary alicyclic amines) is 1. The monoisotopic (exact) mass is 288 g/mol. The zero-order valence-electron chi connectivity index (χ0n) is 12.7. The summed E-state index contributed by atoms with van der Waals surface area (Å²) in [4.78, 5) is 23.1. The molecule has 1 saturated heterocycles. The molecule has 114 valence electrons. The van der Waals surface area contributed by atoms with Crippen molar-refractivity contribution in [2.75, 3.05) is 25.0 Å². The Morgan fingerprint density at radius 1 is 1.29 bits per heavy atom. The van der Waals surface area contributed by atoms with Crippen LogP contribution in [0.1, 0.15) is 49.5 Å². The molecule has 1 amide bonds. The first-order chi connectivity index (χ1) is 10.3. The number of piperidine rings is 1. The highest BCUT2D eigenvalue weighted by Crippen LogP contribution is 2.36. The number of hydrogen-bond donors (Lipinski definition) is 1. The molecule has 1 saturated carbocycles. The summed E-state index contributed by atoms with van der Waals surface area (Å²) in [6, 6.07) is 0. The predicted octanol–water partition coefficient (Wildman–Crippen LogP) is 2.56. The third kappa shape index (κ3) is 3.17. The van der Waals surface area contributed by atoms with Crippen molar-refractivity contribution in [2.45, 2.75) is 39.0 Å². The summed E-state index contributed by atoms with van der Waals surface area (Å²) in [5.41, 5.74) is 0.461. The van der Waals surface area contributed by atoms with Crippen LogP contribution in [-0.4, -0.2) is 40.4 Å². The fourth-order valence-corrected chi connectivity index (χ4v) is 3.68. The number of nitrogens with zero attached hydrogens (tertiary/aromatic N) is 3. The second kappa shape index (κ2) is 6.41. The SMILES string of the molecule is CCNc1cncc(C(=O)N2CCC3CCCCC3C2)n1. The first-order valence-corrected chi connectivity index (χ1v) is 8.13. The Hall–Kier alpha value is -1.65. The van der Waals surface area contributed by atoms with E-state index in [-0.39, 0.29) is 5.91 Å². The summed E-state index contributed by atoms with van der Waals surface area (Å²) in [6.45, 7) is 4.55. The lowest BCUT2D eigenvalue weighted by Gasteiger charge is -2.41. The first kappa shape index (κ1) is 14.3. The van der Waals surface area contributed by atoms with Gasteiger partial charge in [0.25, 0.3) is 5.91 Å². The molecule has 5 nitrogen and oxygen atoms in total. The van der Waals surface area contributed by atoms with Gasteiger partial charge < -0.3 is 10.2 Å². The molecule has 2 fully saturated rings. The predicted molar refractivity (Wildman–Crippen MR) is 82.2 cm³/mol. The Balaban J connectivity index is 1.68. The fraction of sp³-hybridized carbons (Fsp3) is 0.688. The first-order valence-electron chi connectivity index (χ1n) is 8.13. The lowest BCUT2D eigenvalue weighted by molar-refractivity contribution is 0.0515. The molecule has 1 aromatic heterocycles. The molecule has 3 rings (SSSR count). The molecule has 2 heterocycles. The summed E-state index contributed by atoms with van der Waals surface area (Å²) in [5, 5.41) is 3.11. The minimum Gasteiger partial charge on any atom is -0.369 e. The van der Waals surface area contributed by atoms with Crippen molar-refractivity contribution in [3.8, 4) is 0 Å². The molecule has 0 aromatic carbocycles. The Bertz CT molecular complexity index is 505. The third-order valence-electron chi connectivity index (χ3n) is 4.79. The van der Waals surface area contributed by atoms with Crippen LogP contribution in [0.3, 0.4) is 0 Å². The van der Waals surface area contributed by atoms with Gasteiger partial charge in [0.15, 0.2) is 0 Å². The molecule has 2 atom stereocenters. The van der Waals surface area contributed by atoms with E-state index >= 15 is 0 Å². The van der Waals surface area contributed by atoms with Crippen LogP contribution >= 0.6 is 0 Å². The van der Waals surface area contributed by atoms with E-state index in [0.717, 1.165) is 32.0 Å². The van der Waals surface area contributed by atoms with Crippen molar-refractivity contribution >= 4 is 11.7 Å². The number of aromatic nitrogens is 2. The average molecular weight is 288 g/mol. The zero-order chi connectivity index (χ0) is 14.7. The quantitative estimate of drug-likeness (QED) is 0.928. The van der Waals surface area contributed by atoms with Gasteiger partial charge in [0.1, 0.15) is 11.5 Å². The minimum absolute atomic E-state index is 0.0336. The van der Waals surface area contributed by atoms with Crippen LogP contribution in [0, 0.1) is 11.8 Å².